The number of halogens is 1. The maximum Gasteiger partial charge on any atom is 0.339 e. The molecule has 1 aliphatic rings. The van der Waals surface area contributed by atoms with Gasteiger partial charge in [-0.3, -0.25) is 4.98 Å². The van der Waals surface area contributed by atoms with Gasteiger partial charge in [-0.05, 0) is 30.3 Å². The third kappa shape index (κ3) is 3.97. The van der Waals surface area contributed by atoms with Gasteiger partial charge in [0.2, 0.25) is 0 Å². The van der Waals surface area contributed by atoms with Crippen molar-refractivity contribution in [3.05, 3.63) is 60.3 Å². The maximum atomic E-state index is 11.6. The minimum Gasteiger partial charge on any atom is -0.478 e. The van der Waals surface area contributed by atoms with Gasteiger partial charge in [-0.1, -0.05) is 18.2 Å². The number of nitrogens with one attached hydrogen (secondary N) is 1. The summed E-state index contributed by atoms with van der Waals surface area (Å²) in [6, 6.07) is 15.5. The number of para-hydroxylation sites is 1. The summed E-state index contributed by atoms with van der Waals surface area (Å²) in [7, 11) is 0. The predicted molar refractivity (Wildman–Crippen MR) is 109 cm³/mol. The number of carbonyl (C=O) groups is 1. The fourth-order valence-electron chi connectivity index (χ4n) is 3.16. The molecular weight excluding hydrogens is 366 g/mol. The lowest BCUT2D eigenvalue weighted by atomic mass is 10.1. The van der Waals surface area contributed by atoms with Gasteiger partial charge in [0.05, 0.1) is 24.4 Å². The number of morpholine rings is 1. The van der Waals surface area contributed by atoms with Gasteiger partial charge in [0, 0.05) is 36.0 Å². The summed E-state index contributed by atoms with van der Waals surface area (Å²) in [6.45, 7) is 3.24. The number of hydrogen-bond acceptors (Lipinski definition) is 5. The highest BCUT2D eigenvalue weighted by Gasteiger charge is 2.15. The minimum absolute atomic E-state index is 0. The highest BCUT2D eigenvalue weighted by molar-refractivity contribution is 6.05. The van der Waals surface area contributed by atoms with Crippen LogP contribution >= 0.6 is 12.4 Å². The van der Waals surface area contributed by atoms with Gasteiger partial charge >= 0.3 is 5.97 Å². The third-order valence-corrected chi connectivity index (χ3v) is 4.52. The Hall–Kier alpha value is -2.83. The van der Waals surface area contributed by atoms with E-state index in [-0.39, 0.29) is 18.0 Å². The number of rotatable bonds is 4. The molecule has 2 N–H and O–H groups in total. The molecule has 1 aliphatic heterocycles. The molecule has 0 amide bonds. The first-order chi connectivity index (χ1) is 12.7. The van der Waals surface area contributed by atoms with Crippen LogP contribution in [0.25, 0.3) is 10.9 Å². The largest absolute Gasteiger partial charge is 0.478 e. The molecule has 1 fully saturated rings. The molecule has 1 aromatic heterocycles. The Balaban J connectivity index is 0.00000210. The van der Waals surface area contributed by atoms with E-state index in [0.29, 0.717) is 5.69 Å². The van der Waals surface area contributed by atoms with E-state index in [2.05, 4.69) is 15.2 Å². The number of benzene rings is 2. The second-order valence-electron chi connectivity index (χ2n) is 6.14. The molecule has 0 radical (unpaired) electrons. The van der Waals surface area contributed by atoms with Gasteiger partial charge in [-0.15, -0.1) is 12.4 Å². The molecule has 6 nitrogen and oxygen atoms in total. The van der Waals surface area contributed by atoms with Crippen LogP contribution < -0.4 is 10.2 Å². The van der Waals surface area contributed by atoms with E-state index in [1.165, 1.54) is 6.20 Å². The van der Waals surface area contributed by atoms with Crippen molar-refractivity contribution in [2.45, 2.75) is 0 Å². The fraction of sp³-hybridized carbons (Fsp3) is 0.200. The van der Waals surface area contributed by atoms with E-state index in [1.807, 2.05) is 48.5 Å². The molecule has 4 rings (SSSR count). The highest BCUT2D eigenvalue weighted by atomic mass is 35.5. The Labute approximate surface area is 163 Å². The Bertz CT molecular complexity index is 941. The van der Waals surface area contributed by atoms with Crippen LogP contribution in [0.3, 0.4) is 0 Å². The molecule has 0 unspecified atom stereocenters. The van der Waals surface area contributed by atoms with E-state index in [0.717, 1.165) is 48.6 Å². The number of fused-ring (bicyclic) bond motifs is 1. The molecule has 2 heterocycles. The van der Waals surface area contributed by atoms with E-state index in [9.17, 15) is 9.90 Å². The summed E-state index contributed by atoms with van der Waals surface area (Å²) in [4.78, 5) is 18.1. The van der Waals surface area contributed by atoms with Crippen LogP contribution in [0.2, 0.25) is 0 Å². The van der Waals surface area contributed by atoms with Crippen LogP contribution in [0.5, 0.6) is 0 Å². The van der Waals surface area contributed by atoms with Crippen molar-refractivity contribution >= 4 is 46.3 Å². The van der Waals surface area contributed by atoms with Crippen LogP contribution in [-0.2, 0) is 4.74 Å². The van der Waals surface area contributed by atoms with Crippen molar-refractivity contribution in [1.29, 1.82) is 0 Å². The molecule has 0 aliphatic carbocycles. The average molecular weight is 386 g/mol. The smallest absolute Gasteiger partial charge is 0.339 e. The number of nitrogens with zero attached hydrogens (tertiary/aromatic N) is 2. The standard InChI is InChI=1S/C20H19N3O3.ClH/c24-20(25)17-13-21-18-4-2-1-3-16(18)19(17)22-14-5-7-15(8-6-14)23-9-11-26-12-10-23;/h1-8,13H,9-12H2,(H,21,22)(H,24,25);1H. The molecule has 1 saturated heterocycles. The summed E-state index contributed by atoms with van der Waals surface area (Å²) < 4.78 is 5.38. The minimum atomic E-state index is -1.00. The normalized spacial score (nSPS) is 13.9. The number of hydrogen-bond donors (Lipinski definition) is 2. The highest BCUT2D eigenvalue weighted by Crippen LogP contribution is 2.30. The summed E-state index contributed by atoms with van der Waals surface area (Å²) in [5.41, 5.74) is 3.44. The molecule has 0 atom stereocenters. The van der Waals surface area contributed by atoms with Gasteiger partial charge in [0.15, 0.2) is 0 Å². The molecule has 7 heteroatoms. The Morgan fingerprint density at radius 2 is 1.78 bits per heavy atom. The second kappa shape index (κ2) is 8.24. The Kier molecular flexibility index (Phi) is 5.78. The number of aromatic nitrogens is 1. The van der Waals surface area contributed by atoms with Crippen molar-refractivity contribution in [2.75, 3.05) is 36.5 Å². The first-order valence-electron chi connectivity index (χ1n) is 8.53. The van der Waals surface area contributed by atoms with Crippen molar-refractivity contribution < 1.29 is 14.6 Å². The predicted octanol–water partition coefficient (Wildman–Crippen LogP) is 3.94. The molecular formula is C20H20ClN3O3. The summed E-state index contributed by atoms with van der Waals surface area (Å²) in [5.74, 6) is -1.00. The fourth-order valence-corrected chi connectivity index (χ4v) is 3.16. The molecule has 140 valence electrons. The van der Waals surface area contributed by atoms with Gasteiger partial charge in [-0.2, -0.15) is 0 Å². The van der Waals surface area contributed by atoms with E-state index in [1.54, 1.807) is 0 Å². The molecule has 0 spiro atoms. The summed E-state index contributed by atoms with van der Waals surface area (Å²) >= 11 is 0. The van der Waals surface area contributed by atoms with Crippen LogP contribution in [0.4, 0.5) is 17.1 Å². The topological polar surface area (TPSA) is 74.7 Å². The van der Waals surface area contributed by atoms with Crippen molar-refractivity contribution in [3.8, 4) is 0 Å². The van der Waals surface area contributed by atoms with Crippen LogP contribution in [0.1, 0.15) is 10.4 Å². The van der Waals surface area contributed by atoms with Crippen LogP contribution in [0, 0.1) is 0 Å². The van der Waals surface area contributed by atoms with Gasteiger partial charge < -0.3 is 20.1 Å². The number of ether oxygens (including phenoxy) is 1. The van der Waals surface area contributed by atoms with E-state index in [4.69, 9.17) is 4.74 Å². The van der Waals surface area contributed by atoms with Crippen molar-refractivity contribution in [1.82, 2.24) is 4.98 Å². The molecule has 2 aromatic carbocycles. The zero-order chi connectivity index (χ0) is 17.9. The Morgan fingerprint density at radius 3 is 2.48 bits per heavy atom. The number of carboxylic acid groups (broad SMARTS) is 1. The zero-order valence-electron chi connectivity index (χ0n) is 14.6. The Morgan fingerprint density at radius 1 is 1.07 bits per heavy atom. The quantitative estimate of drug-likeness (QED) is 0.708. The zero-order valence-corrected chi connectivity index (χ0v) is 15.4. The molecule has 0 saturated carbocycles. The van der Waals surface area contributed by atoms with Crippen LogP contribution in [0.15, 0.2) is 54.7 Å². The number of anilines is 3. The molecule has 3 aromatic rings. The van der Waals surface area contributed by atoms with Crippen LogP contribution in [-0.4, -0.2) is 42.4 Å². The lowest BCUT2D eigenvalue weighted by Crippen LogP contribution is -2.36. The average Bonchev–Trinajstić information content (AvgIpc) is 2.69. The summed E-state index contributed by atoms with van der Waals surface area (Å²) in [6.07, 6.45) is 1.40. The first kappa shape index (κ1) is 18.9. The maximum absolute atomic E-state index is 11.6. The summed E-state index contributed by atoms with van der Waals surface area (Å²) in [5, 5.41) is 13.6. The number of carboxylic acids is 1. The first-order valence-corrected chi connectivity index (χ1v) is 8.53. The lowest BCUT2D eigenvalue weighted by molar-refractivity contribution is 0.0697. The second-order valence-corrected chi connectivity index (χ2v) is 6.14. The van der Waals surface area contributed by atoms with E-state index < -0.39 is 5.97 Å². The molecule has 27 heavy (non-hydrogen) atoms. The van der Waals surface area contributed by atoms with Crippen molar-refractivity contribution in [2.24, 2.45) is 0 Å². The lowest BCUT2D eigenvalue weighted by Gasteiger charge is -2.29. The number of pyridine rings is 1. The number of aromatic carboxylic acids is 1. The van der Waals surface area contributed by atoms with Crippen molar-refractivity contribution in [3.63, 3.8) is 0 Å². The SMILES string of the molecule is Cl.O=C(O)c1cnc2ccccc2c1Nc1ccc(N2CCOCC2)cc1. The van der Waals surface area contributed by atoms with Gasteiger partial charge in [-0.25, -0.2) is 4.79 Å². The van der Waals surface area contributed by atoms with Gasteiger partial charge in [0.25, 0.3) is 0 Å². The monoisotopic (exact) mass is 385 g/mol. The third-order valence-electron chi connectivity index (χ3n) is 4.52. The molecule has 0 bridgehead atoms. The van der Waals surface area contributed by atoms with E-state index >= 15 is 0 Å². The van der Waals surface area contributed by atoms with Gasteiger partial charge in [0.1, 0.15) is 5.56 Å².